The first-order chi connectivity index (χ1) is 15.5. The molecule has 9 heteroatoms. The van der Waals surface area contributed by atoms with Gasteiger partial charge in [0.05, 0.1) is 12.1 Å². The molecule has 0 saturated heterocycles. The zero-order chi connectivity index (χ0) is 24.2. The monoisotopic (exact) mass is 471 g/mol. The number of carbonyl (C=O) groups is 2. The minimum atomic E-state index is -4.33. The Kier molecular flexibility index (Phi) is 7.24. The first-order valence-electron chi connectivity index (χ1n) is 10.7. The normalized spacial score (nSPS) is 18.6. The highest BCUT2D eigenvalue weighted by Crippen LogP contribution is 2.39. The van der Waals surface area contributed by atoms with Gasteiger partial charge in [0.2, 0.25) is 0 Å². The molecular weight excluding hydrogens is 442 g/mol. The fourth-order valence-electron chi connectivity index (χ4n) is 3.79. The minimum Gasteiger partial charge on any atom is -0.494 e. The highest BCUT2D eigenvalue weighted by molar-refractivity contribution is 7.87. The lowest BCUT2D eigenvalue weighted by molar-refractivity contribution is -0.124. The minimum absolute atomic E-state index is 0.269. The summed E-state index contributed by atoms with van der Waals surface area (Å²) in [6.07, 6.45) is 2.27. The molecule has 8 nitrogen and oxygen atoms in total. The van der Waals surface area contributed by atoms with E-state index in [-0.39, 0.29) is 12.0 Å². The molecule has 4 N–H and O–H groups in total. The van der Waals surface area contributed by atoms with Crippen LogP contribution >= 0.6 is 0 Å². The van der Waals surface area contributed by atoms with E-state index < -0.39 is 27.6 Å². The number of nitrogens with one attached hydrogen (secondary N) is 2. The van der Waals surface area contributed by atoms with Crippen LogP contribution in [0.5, 0.6) is 5.75 Å². The molecule has 0 aromatic heterocycles. The van der Waals surface area contributed by atoms with Crippen LogP contribution in [0.1, 0.15) is 49.8 Å². The molecule has 2 aromatic rings. The number of benzene rings is 2. The molecule has 0 fully saturated rings. The number of unbranched alkanes of at least 4 members (excludes halogenated alkanes) is 1. The summed E-state index contributed by atoms with van der Waals surface area (Å²) in [6.45, 7) is 6.51. The van der Waals surface area contributed by atoms with E-state index in [4.69, 9.17) is 9.88 Å². The van der Waals surface area contributed by atoms with E-state index in [9.17, 15) is 18.0 Å². The van der Waals surface area contributed by atoms with Crippen LogP contribution in [-0.2, 0) is 25.3 Å². The van der Waals surface area contributed by atoms with Gasteiger partial charge in [0.25, 0.3) is 22.0 Å². The largest absolute Gasteiger partial charge is 0.494 e. The number of amides is 2. The fourth-order valence-corrected chi connectivity index (χ4v) is 4.15. The lowest BCUT2D eigenvalue weighted by Gasteiger charge is -2.37. The van der Waals surface area contributed by atoms with Gasteiger partial charge in [-0.2, -0.15) is 8.42 Å². The fraction of sp³-hybridized carbons (Fsp3) is 0.333. The van der Waals surface area contributed by atoms with Crippen LogP contribution in [0, 0.1) is 6.92 Å². The first kappa shape index (κ1) is 24.5. The van der Waals surface area contributed by atoms with Crippen molar-refractivity contribution in [2.75, 3.05) is 6.61 Å². The van der Waals surface area contributed by atoms with Crippen molar-refractivity contribution in [1.82, 2.24) is 10.0 Å². The molecule has 0 saturated carbocycles. The predicted molar refractivity (Wildman–Crippen MR) is 126 cm³/mol. The van der Waals surface area contributed by atoms with E-state index in [0.717, 1.165) is 29.7 Å². The molecule has 176 valence electrons. The van der Waals surface area contributed by atoms with Crippen LogP contribution in [0.3, 0.4) is 0 Å². The Morgan fingerprint density at radius 1 is 1.15 bits per heavy atom. The maximum atomic E-state index is 13.1. The molecule has 1 aliphatic rings. The summed E-state index contributed by atoms with van der Waals surface area (Å²) in [5, 5.41) is 7.84. The van der Waals surface area contributed by atoms with Gasteiger partial charge < -0.3 is 10.1 Å². The number of hydrogen-bond acceptors (Lipinski definition) is 5. The van der Waals surface area contributed by atoms with Gasteiger partial charge in [0.15, 0.2) is 0 Å². The van der Waals surface area contributed by atoms with Crippen LogP contribution in [0.25, 0.3) is 5.57 Å². The van der Waals surface area contributed by atoms with Gasteiger partial charge in [0.1, 0.15) is 11.3 Å². The second-order valence-corrected chi connectivity index (χ2v) is 9.68. The molecule has 0 radical (unpaired) electrons. The number of hydrogen-bond donors (Lipinski definition) is 3. The zero-order valence-corrected chi connectivity index (χ0v) is 19.8. The summed E-state index contributed by atoms with van der Waals surface area (Å²) in [7, 11) is -4.33. The standard InChI is InChI=1S/C24H29N3O5S/c1-4-5-14-32-19-12-10-18(11-13-19)24(3)15-20(17-8-6-16(2)7-9-17)21(22(28)26-24)23(29)27-33(25,30)31/h6-13H,4-5,14-15H2,1-3H3,(H,26,28)(H,27,29)(H2,25,30,31)/t24-/m0/s1. The predicted octanol–water partition coefficient (Wildman–Crippen LogP) is 2.68. The Hall–Kier alpha value is -3.17. The molecule has 0 spiro atoms. The van der Waals surface area contributed by atoms with Crippen LogP contribution in [-0.4, -0.2) is 26.8 Å². The van der Waals surface area contributed by atoms with E-state index in [2.05, 4.69) is 12.2 Å². The Morgan fingerprint density at radius 3 is 2.36 bits per heavy atom. The molecule has 3 rings (SSSR count). The second-order valence-electron chi connectivity index (χ2n) is 8.39. The van der Waals surface area contributed by atoms with Crippen LogP contribution in [0.4, 0.5) is 0 Å². The average molecular weight is 472 g/mol. The molecule has 33 heavy (non-hydrogen) atoms. The second kappa shape index (κ2) is 9.76. The van der Waals surface area contributed by atoms with Gasteiger partial charge in [0, 0.05) is 6.42 Å². The van der Waals surface area contributed by atoms with Gasteiger partial charge >= 0.3 is 0 Å². The van der Waals surface area contributed by atoms with E-state index >= 15 is 0 Å². The Balaban J connectivity index is 2.00. The summed E-state index contributed by atoms with van der Waals surface area (Å²) in [5.74, 6) is -1.00. The van der Waals surface area contributed by atoms with Gasteiger partial charge in [-0.15, -0.1) is 0 Å². The third-order valence-corrected chi connectivity index (χ3v) is 6.04. The zero-order valence-electron chi connectivity index (χ0n) is 19.0. The van der Waals surface area contributed by atoms with Gasteiger partial charge in [-0.05, 0) is 49.1 Å². The number of nitrogens with two attached hydrogens (primary N) is 1. The van der Waals surface area contributed by atoms with Gasteiger partial charge in [-0.25, -0.2) is 9.86 Å². The molecule has 1 aliphatic heterocycles. The summed E-state index contributed by atoms with van der Waals surface area (Å²) in [6, 6.07) is 14.8. The maximum absolute atomic E-state index is 13.1. The van der Waals surface area contributed by atoms with Crippen molar-refractivity contribution in [3.05, 3.63) is 70.8 Å². The molecular formula is C24H29N3O5S. The number of carbonyl (C=O) groups excluding carboxylic acids is 2. The van der Waals surface area contributed by atoms with Crippen molar-refractivity contribution in [3.63, 3.8) is 0 Å². The van der Waals surface area contributed by atoms with Crippen molar-refractivity contribution in [3.8, 4) is 5.75 Å². The lowest BCUT2D eigenvalue weighted by Crippen LogP contribution is -2.51. The lowest BCUT2D eigenvalue weighted by atomic mass is 9.78. The third-order valence-electron chi connectivity index (χ3n) is 5.57. The SMILES string of the molecule is CCCCOc1ccc([C@]2(C)CC(c3ccc(C)cc3)=C(C(=O)NS(N)(=O)=O)C(=O)N2)cc1. The summed E-state index contributed by atoms with van der Waals surface area (Å²) in [4.78, 5) is 25.8. The molecule has 1 heterocycles. The van der Waals surface area contributed by atoms with E-state index in [0.29, 0.717) is 17.7 Å². The van der Waals surface area contributed by atoms with Crippen LogP contribution < -0.4 is 19.9 Å². The Labute approximate surface area is 194 Å². The third kappa shape index (κ3) is 6.00. The first-order valence-corrected chi connectivity index (χ1v) is 12.3. The molecule has 2 aromatic carbocycles. The highest BCUT2D eigenvalue weighted by atomic mass is 32.2. The van der Waals surface area contributed by atoms with Crippen molar-refractivity contribution in [2.45, 2.75) is 45.6 Å². The maximum Gasteiger partial charge on any atom is 0.298 e. The molecule has 1 atom stereocenters. The Bertz CT molecular complexity index is 1170. The van der Waals surface area contributed by atoms with Gasteiger partial charge in [-0.3, -0.25) is 9.59 Å². The molecule has 0 aliphatic carbocycles. The van der Waals surface area contributed by atoms with Crippen molar-refractivity contribution >= 4 is 27.6 Å². The topological polar surface area (TPSA) is 128 Å². The van der Waals surface area contributed by atoms with E-state index in [1.807, 2.05) is 50.2 Å². The molecule has 0 unspecified atom stereocenters. The van der Waals surface area contributed by atoms with Crippen molar-refractivity contribution < 1.29 is 22.7 Å². The average Bonchev–Trinajstić information content (AvgIpc) is 2.73. The number of ether oxygens (including phenoxy) is 1. The summed E-state index contributed by atoms with van der Waals surface area (Å²) < 4.78 is 30.3. The van der Waals surface area contributed by atoms with Crippen molar-refractivity contribution in [2.24, 2.45) is 5.14 Å². The molecule has 0 bridgehead atoms. The Morgan fingerprint density at radius 2 is 1.79 bits per heavy atom. The van der Waals surface area contributed by atoms with Crippen molar-refractivity contribution in [1.29, 1.82) is 0 Å². The van der Waals surface area contributed by atoms with E-state index in [1.165, 1.54) is 0 Å². The smallest absolute Gasteiger partial charge is 0.298 e. The summed E-state index contributed by atoms with van der Waals surface area (Å²) >= 11 is 0. The van der Waals surface area contributed by atoms with Crippen LogP contribution in [0.2, 0.25) is 0 Å². The van der Waals surface area contributed by atoms with Gasteiger partial charge in [-0.1, -0.05) is 55.3 Å². The molecule has 2 amide bonds. The quantitative estimate of drug-likeness (QED) is 0.403. The van der Waals surface area contributed by atoms with E-state index in [1.54, 1.807) is 16.9 Å². The number of aryl methyl sites for hydroxylation is 1. The van der Waals surface area contributed by atoms with Crippen LogP contribution in [0.15, 0.2) is 54.1 Å². The highest BCUT2D eigenvalue weighted by Gasteiger charge is 2.40. The number of rotatable bonds is 8. The summed E-state index contributed by atoms with van der Waals surface area (Å²) in [5.41, 5.74) is 1.83.